The summed E-state index contributed by atoms with van der Waals surface area (Å²) in [4.78, 5) is 29.6. The van der Waals surface area contributed by atoms with Crippen molar-refractivity contribution in [3.63, 3.8) is 0 Å². The predicted molar refractivity (Wildman–Crippen MR) is 154 cm³/mol. The van der Waals surface area contributed by atoms with Crippen LogP contribution in [0.3, 0.4) is 0 Å². The number of rotatable bonds is 7. The average Bonchev–Trinajstić information content (AvgIpc) is 3.33. The number of alkyl halides is 3. The van der Waals surface area contributed by atoms with Gasteiger partial charge in [-0.1, -0.05) is 42.3 Å². The van der Waals surface area contributed by atoms with Gasteiger partial charge in [-0.15, -0.1) is 0 Å². The number of carbonyl (C=O) groups is 1. The number of imidazole rings is 1. The molecule has 0 bridgehead atoms. The second kappa shape index (κ2) is 12.1. The van der Waals surface area contributed by atoms with Crippen molar-refractivity contribution in [2.75, 3.05) is 31.1 Å². The molecule has 2 amide bonds. The molecule has 1 fully saturated rings. The van der Waals surface area contributed by atoms with E-state index in [0.717, 1.165) is 16.2 Å². The highest BCUT2D eigenvalue weighted by Crippen LogP contribution is 2.35. The second-order valence-corrected chi connectivity index (χ2v) is 10.7. The minimum Gasteiger partial charge on any atom is -0.355 e. The number of aromatic nitrogens is 4. The molecule has 0 saturated carbocycles. The molecule has 0 spiro atoms. The SMILES string of the molecule is CCCN(CC(F)(F)F)C(=O)NC1CCN(c2ncnc3c2nc(-c2ccccc2Cl)n3-c2ccc(Cl)cc2)CC1. The Kier molecular flexibility index (Phi) is 8.55. The van der Waals surface area contributed by atoms with E-state index in [4.69, 9.17) is 28.2 Å². The molecule has 216 valence electrons. The Hall–Kier alpha value is -3.57. The van der Waals surface area contributed by atoms with Crippen LogP contribution in [0.25, 0.3) is 28.2 Å². The summed E-state index contributed by atoms with van der Waals surface area (Å²) in [5.41, 5.74) is 2.70. The lowest BCUT2D eigenvalue weighted by molar-refractivity contribution is -0.140. The smallest absolute Gasteiger partial charge is 0.355 e. The summed E-state index contributed by atoms with van der Waals surface area (Å²) in [6, 6.07) is 13.8. The Balaban J connectivity index is 1.41. The van der Waals surface area contributed by atoms with Gasteiger partial charge < -0.3 is 15.1 Å². The van der Waals surface area contributed by atoms with Gasteiger partial charge in [0.1, 0.15) is 18.7 Å². The first kappa shape index (κ1) is 28.9. The number of amides is 2. The van der Waals surface area contributed by atoms with E-state index >= 15 is 0 Å². The van der Waals surface area contributed by atoms with Crippen molar-refractivity contribution in [3.8, 4) is 17.1 Å². The Morgan fingerprint density at radius 1 is 1.07 bits per heavy atom. The van der Waals surface area contributed by atoms with Gasteiger partial charge in [-0.2, -0.15) is 13.2 Å². The van der Waals surface area contributed by atoms with Crippen LogP contribution in [-0.2, 0) is 0 Å². The molecule has 0 aliphatic carbocycles. The van der Waals surface area contributed by atoms with E-state index in [1.165, 1.54) is 6.33 Å². The van der Waals surface area contributed by atoms with Crippen LogP contribution >= 0.6 is 23.2 Å². The molecule has 2 aromatic carbocycles. The third-order valence-corrected chi connectivity index (χ3v) is 7.48. The maximum atomic E-state index is 13.0. The van der Waals surface area contributed by atoms with Crippen LogP contribution in [0.15, 0.2) is 54.9 Å². The summed E-state index contributed by atoms with van der Waals surface area (Å²) in [6.07, 6.45) is -1.45. The van der Waals surface area contributed by atoms with E-state index in [2.05, 4.69) is 20.2 Å². The third kappa shape index (κ3) is 6.51. The number of hydrogen-bond acceptors (Lipinski definition) is 5. The van der Waals surface area contributed by atoms with Crippen molar-refractivity contribution < 1.29 is 18.0 Å². The number of nitrogens with zero attached hydrogens (tertiary/aromatic N) is 6. The van der Waals surface area contributed by atoms with E-state index in [1.807, 2.05) is 34.9 Å². The van der Waals surface area contributed by atoms with Crippen LogP contribution in [0, 0.1) is 0 Å². The molecule has 5 rings (SSSR count). The van der Waals surface area contributed by atoms with E-state index < -0.39 is 18.8 Å². The molecule has 2 aromatic heterocycles. The summed E-state index contributed by atoms with van der Waals surface area (Å²) >= 11 is 12.7. The van der Waals surface area contributed by atoms with Gasteiger partial charge in [-0.05, 0) is 55.7 Å². The van der Waals surface area contributed by atoms with E-state index in [-0.39, 0.29) is 12.6 Å². The number of fused-ring (bicyclic) bond motifs is 1. The predicted octanol–water partition coefficient (Wildman–Crippen LogP) is 6.74. The summed E-state index contributed by atoms with van der Waals surface area (Å²) in [6.45, 7) is 1.56. The topological polar surface area (TPSA) is 79.2 Å². The number of benzene rings is 2. The zero-order valence-corrected chi connectivity index (χ0v) is 23.7. The van der Waals surface area contributed by atoms with Crippen molar-refractivity contribution in [3.05, 3.63) is 64.9 Å². The maximum absolute atomic E-state index is 13.0. The molecule has 4 aromatic rings. The standard InChI is InChI=1S/C28H28Cl2F3N7O/c1-2-13-39(16-28(31,32)33)27(41)36-19-11-14-38(15-12-19)25-23-26(35-17-34-25)40(20-9-7-18(29)8-10-20)24(37-23)21-5-3-4-6-22(21)30/h3-10,17,19H,2,11-16H2,1H3,(H,36,41). The van der Waals surface area contributed by atoms with Gasteiger partial charge in [-0.25, -0.2) is 19.7 Å². The first-order valence-corrected chi connectivity index (χ1v) is 14.0. The average molecular weight is 606 g/mol. The van der Waals surface area contributed by atoms with Crippen LogP contribution in [0.4, 0.5) is 23.8 Å². The van der Waals surface area contributed by atoms with Crippen LogP contribution in [0.5, 0.6) is 0 Å². The molecular formula is C28H28Cl2F3N7O. The summed E-state index contributed by atoms with van der Waals surface area (Å²) in [7, 11) is 0. The first-order chi connectivity index (χ1) is 19.6. The lowest BCUT2D eigenvalue weighted by atomic mass is 10.1. The Morgan fingerprint density at radius 2 is 1.78 bits per heavy atom. The highest BCUT2D eigenvalue weighted by atomic mass is 35.5. The zero-order chi connectivity index (χ0) is 29.1. The quantitative estimate of drug-likeness (QED) is 0.252. The Bertz CT molecular complexity index is 1520. The lowest BCUT2D eigenvalue weighted by Crippen LogP contribution is -2.51. The number of halogens is 5. The van der Waals surface area contributed by atoms with Gasteiger partial charge >= 0.3 is 12.2 Å². The van der Waals surface area contributed by atoms with Crippen molar-refractivity contribution in [2.24, 2.45) is 0 Å². The lowest BCUT2D eigenvalue weighted by Gasteiger charge is -2.34. The van der Waals surface area contributed by atoms with Crippen molar-refractivity contribution in [1.29, 1.82) is 0 Å². The number of carbonyl (C=O) groups excluding carboxylic acids is 1. The van der Waals surface area contributed by atoms with Crippen LogP contribution < -0.4 is 10.2 Å². The van der Waals surface area contributed by atoms with Crippen molar-refractivity contribution in [1.82, 2.24) is 29.7 Å². The summed E-state index contributed by atoms with van der Waals surface area (Å²) in [5.74, 6) is 1.22. The molecule has 3 heterocycles. The van der Waals surface area contributed by atoms with Gasteiger partial charge in [-0.3, -0.25) is 4.57 Å². The van der Waals surface area contributed by atoms with E-state index in [0.29, 0.717) is 65.2 Å². The van der Waals surface area contributed by atoms with Crippen LogP contribution in [0.1, 0.15) is 26.2 Å². The number of hydrogen-bond donors (Lipinski definition) is 1. The summed E-state index contributed by atoms with van der Waals surface area (Å²) < 4.78 is 40.8. The molecule has 13 heteroatoms. The molecular weight excluding hydrogens is 578 g/mol. The highest BCUT2D eigenvalue weighted by Gasteiger charge is 2.34. The third-order valence-electron chi connectivity index (χ3n) is 6.90. The molecule has 8 nitrogen and oxygen atoms in total. The molecule has 1 N–H and O–H groups in total. The van der Waals surface area contributed by atoms with E-state index in [1.54, 1.807) is 25.1 Å². The fourth-order valence-electron chi connectivity index (χ4n) is 5.01. The summed E-state index contributed by atoms with van der Waals surface area (Å²) in [5, 5.41) is 3.92. The van der Waals surface area contributed by atoms with Gasteiger partial charge in [0.25, 0.3) is 0 Å². The normalized spacial score (nSPS) is 14.4. The number of urea groups is 1. The second-order valence-electron chi connectivity index (χ2n) is 9.84. The number of piperidine rings is 1. The van der Waals surface area contributed by atoms with Crippen LogP contribution in [-0.4, -0.2) is 68.8 Å². The van der Waals surface area contributed by atoms with Crippen LogP contribution in [0.2, 0.25) is 10.0 Å². The fourth-order valence-corrected chi connectivity index (χ4v) is 5.36. The fraction of sp³-hybridized carbons (Fsp3) is 0.357. The maximum Gasteiger partial charge on any atom is 0.406 e. The molecule has 1 aliphatic rings. The Labute approximate surface area is 245 Å². The molecule has 1 saturated heterocycles. The molecule has 41 heavy (non-hydrogen) atoms. The minimum atomic E-state index is -4.45. The molecule has 0 unspecified atom stereocenters. The highest BCUT2D eigenvalue weighted by molar-refractivity contribution is 6.33. The number of nitrogens with one attached hydrogen (secondary N) is 1. The van der Waals surface area contributed by atoms with Gasteiger partial charge in [0.05, 0.1) is 5.02 Å². The van der Waals surface area contributed by atoms with Gasteiger partial charge in [0.15, 0.2) is 17.0 Å². The van der Waals surface area contributed by atoms with Crippen molar-refractivity contribution >= 4 is 46.2 Å². The van der Waals surface area contributed by atoms with E-state index in [9.17, 15) is 18.0 Å². The largest absolute Gasteiger partial charge is 0.406 e. The zero-order valence-electron chi connectivity index (χ0n) is 22.2. The van der Waals surface area contributed by atoms with Gasteiger partial charge in [0.2, 0.25) is 0 Å². The van der Waals surface area contributed by atoms with Crippen molar-refractivity contribution in [2.45, 2.75) is 38.4 Å². The molecule has 0 radical (unpaired) electrons. The van der Waals surface area contributed by atoms with Gasteiger partial charge in [0, 0.05) is 41.9 Å². The molecule has 1 aliphatic heterocycles. The Morgan fingerprint density at radius 3 is 2.44 bits per heavy atom. The molecule has 0 atom stereocenters. The minimum absolute atomic E-state index is 0.0349. The monoisotopic (exact) mass is 605 g/mol. The first-order valence-electron chi connectivity index (χ1n) is 13.3. The number of anilines is 1.